The third-order valence-electron chi connectivity index (χ3n) is 7.47. The Balaban J connectivity index is 1.09. The van der Waals surface area contributed by atoms with Gasteiger partial charge in [0.15, 0.2) is 0 Å². The average Bonchev–Trinajstić information content (AvgIpc) is 3.62. The van der Waals surface area contributed by atoms with Crippen molar-refractivity contribution >= 4 is 40.7 Å². The van der Waals surface area contributed by atoms with Crippen LogP contribution in [-0.2, 0) is 9.53 Å². The summed E-state index contributed by atoms with van der Waals surface area (Å²) in [5.41, 5.74) is 5.16. The van der Waals surface area contributed by atoms with Gasteiger partial charge in [-0.3, -0.25) is 19.3 Å². The fraction of sp³-hybridized carbons (Fsp3) is 0.206. The van der Waals surface area contributed by atoms with Crippen molar-refractivity contribution in [3.8, 4) is 11.5 Å². The van der Waals surface area contributed by atoms with Crippen LogP contribution in [0.3, 0.4) is 0 Å². The maximum atomic E-state index is 12.9. The number of ether oxygens (including phenoxy) is 2. The Labute approximate surface area is 255 Å². The number of hydrogen-bond acceptors (Lipinski definition) is 6. The number of aromatic amines is 1. The van der Waals surface area contributed by atoms with Crippen molar-refractivity contribution in [2.24, 2.45) is 0 Å². The molecule has 3 heterocycles. The van der Waals surface area contributed by atoms with Crippen LogP contribution in [0.2, 0.25) is 0 Å². The number of carbonyl (C=O) groups excluding carboxylic acids is 3. The van der Waals surface area contributed by atoms with Crippen LogP contribution in [0, 0.1) is 6.92 Å². The van der Waals surface area contributed by atoms with Crippen LogP contribution in [0.15, 0.2) is 79.0 Å². The molecule has 0 atom stereocenters. The van der Waals surface area contributed by atoms with Crippen molar-refractivity contribution in [3.63, 3.8) is 0 Å². The summed E-state index contributed by atoms with van der Waals surface area (Å²) < 4.78 is 11.4. The lowest BCUT2D eigenvalue weighted by molar-refractivity contribution is -0.110. The SMILES string of the molecule is Cc1cccc(C(=O)Nc2cccc(Oc3ccc4c(c3)NC(=O)C4=Cc3cc(C(=O)NCCN4CCOCC4)c[nH]3)c2)c1. The first-order valence-corrected chi connectivity index (χ1v) is 14.5. The molecule has 0 saturated carbocycles. The first-order chi connectivity index (χ1) is 21.4. The lowest BCUT2D eigenvalue weighted by Gasteiger charge is -2.26. The van der Waals surface area contributed by atoms with E-state index in [1.165, 1.54) is 0 Å². The number of benzene rings is 3. The minimum Gasteiger partial charge on any atom is -0.457 e. The van der Waals surface area contributed by atoms with Crippen molar-refractivity contribution in [2.45, 2.75) is 6.92 Å². The highest BCUT2D eigenvalue weighted by atomic mass is 16.5. The minimum absolute atomic E-state index is 0.170. The fourth-order valence-corrected chi connectivity index (χ4v) is 5.18. The van der Waals surface area contributed by atoms with Crippen molar-refractivity contribution in [1.29, 1.82) is 0 Å². The Kier molecular flexibility index (Phi) is 8.53. The second kappa shape index (κ2) is 13.0. The molecule has 2 aliphatic heterocycles. The zero-order valence-corrected chi connectivity index (χ0v) is 24.3. The van der Waals surface area contributed by atoms with Crippen molar-refractivity contribution in [1.82, 2.24) is 15.2 Å². The number of hydrogen-bond donors (Lipinski definition) is 4. The normalized spacial score (nSPS) is 15.5. The summed E-state index contributed by atoms with van der Waals surface area (Å²) in [6, 6.07) is 21.6. The number of amides is 3. The molecule has 3 amide bonds. The molecule has 0 unspecified atom stereocenters. The van der Waals surface area contributed by atoms with Crippen molar-refractivity contribution in [3.05, 3.63) is 107 Å². The van der Waals surface area contributed by atoms with E-state index in [4.69, 9.17) is 9.47 Å². The zero-order chi connectivity index (χ0) is 30.5. The van der Waals surface area contributed by atoms with Gasteiger partial charge in [0.05, 0.1) is 30.0 Å². The largest absolute Gasteiger partial charge is 0.457 e. The molecule has 1 saturated heterocycles. The van der Waals surface area contributed by atoms with Gasteiger partial charge in [0, 0.05) is 67.0 Å². The maximum absolute atomic E-state index is 12.9. The number of nitrogens with one attached hydrogen (secondary N) is 4. The number of aryl methyl sites for hydroxylation is 1. The van der Waals surface area contributed by atoms with Crippen LogP contribution in [-0.4, -0.2) is 67.0 Å². The van der Waals surface area contributed by atoms with Crippen LogP contribution < -0.4 is 20.7 Å². The number of rotatable bonds is 9. The zero-order valence-electron chi connectivity index (χ0n) is 24.3. The number of aromatic nitrogens is 1. The second-order valence-electron chi connectivity index (χ2n) is 10.7. The fourth-order valence-electron chi connectivity index (χ4n) is 5.18. The standard InChI is InChI=1S/C34H33N5O5/c1-22-4-2-5-23(16-22)33(41)37-25-6-3-7-27(18-25)44-28-8-9-29-30(34(42)38-31(29)20-28)19-26-17-24(21-36-26)32(40)35-10-11-39-12-14-43-15-13-39/h2-9,16-21,36H,10-15H2,1H3,(H,35,40)(H,37,41)(H,38,42). The molecular formula is C34H33N5O5. The minimum atomic E-state index is -0.246. The van der Waals surface area contributed by atoms with Crippen LogP contribution >= 0.6 is 0 Å². The van der Waals surface area contributed by atoms with Gasteiger partial charge in [0.1, 0.15) is 11.5 Å². The molecule has 44 heavy (non-hydrogen) atoms. The summed E-state index contributed by atoms with van der Waals surface area (Å²) in [4.78, 5) is 43.5. The number of morpholine rings is 1. The molecule has 0 bridgehead atoms. The van der Waals surface area contributed by atoms with E-state index in [-0.39, 0.29) is 17.7 Å². The molecule has 2 aliphatic rings. The Hall–Kier alpha value is -5.19. The molecule has 10 heteroatoms. The van der Waals surface area contributed by atoms with Gasteiger partial charge in [-0.2, -0.15) is 0 Å². The van der Waals surface area contributed by atoms with Gasteiger partial charge in [0.25, 0.3) is 17.7 Å². The van der Waals surface area contributed by atoms with E-state index in [1.54, 1.807) is 60.8 Å². The number of fused-ring (bicyclic) bond motifs is 1. The summed E-state index contributed by atoms with van der Waals surface area (Å²) in [6.45, 7) is 6.45. The Morgan fingerprint density at radius 2 is 1.77 bits per heavy atom. The molecule has 224 valence electrons. The van der Waals surface area contributed by atoms with Crippen LogP contribution in [0.4, 0.5) is 11.4 Å². The summed E-state index contributed by atoms with van der Waals surface area (Å²) in [5.74, 6) is 0.446. The molecular weight excluding hydrogens is 558 g/mol. The van der Waals surface area contributed by atoms with Gasteiger partial charge in [0.2, 0.25) is 0 Å². The predicted octanol–water partition coefficient (Wildman–Crippen LogP) is 4.92. The highest BCUT2D eigenvalue weighted by Crippen LogP contribution is 2.37. The first-order valence-electron chi connectivity index (χ1n) is 14.5. The molecule has 0 radical (unpaired) electrons. The third kappa shape index (κ3) is 6.88. The molecule has 10 nitrogen and oxygen atoms in total. The number of H-pyrrole nitrogens is 1. The van der Waals surface area contributed by atoms with E-state index in [1.807, 2.05) is 31.2 Å². The summed E-state index contributed by atoms with van der Waals surface area (Å²) >= 11 is 0. The second-order valence-corrected chi connectivity index (χ2v) is 10.7. The maximum Gasteiger partial charge on any atom is 0.256 e. The van der Waals surface area contributed by atoms with Gasteiger partial charge in [-0.05, 0) is 55.5 Å². The molecule has 0 aliphatic carbocycles. The lowest BCUT2D eigenvalue weighted by atomic mass is 10.1. The summed E-state index contributed by atoms with van der Waals surface area (Å²) in [5, 5.41) is 8.74. The molecule has 6 rings (SSSR count). The summed E-state index contributed by atoms with van der Waals surface area (Å²) in [6.07, 6.45) is 3.37. The molecule has 0 spiro atoms. The van der Waals surface area contributed by atoms with Gasteiger partial charge in [-0.15, -0.1) is 0 Å². The highest BCUT2D eigenvalue weighted by Gasteiger charge is 2.25. The predicted molar refractivity (Wildman–Crippen MR) is 169 cm³/mol. The van der Waals surface area contributed by atoms with Gasteiger partial charge in [-0.25, -0.2) is 0 Å². The Morgan fingerprint density at radius 3 is 2.61 bits per heavy atom. The monoisotopic (exact) mass is 591 g/mol. The van der Waals surface area contributed by atoms with E-state index in [2.05, 4.69) is 25.8 Å². The molecule has 3 aromatic carbocycles. The van der Waals surface area contributed by atoms with E-state index in [9.17, 15) is 14.4 Å². The first kappa shape index (κ1) is 28.9. The molecule has 4 N–H and O–H groups in total. The topological polar surface area (TPSA) is 125 Å². The van der Waals surface area contributed by atoms with Crippen LogP contribution in [0.25, 0.3) is 11.6 Å². The average molecular weight is 592 g/mol. The van der Waals surface area contributed by atoms with Crippen molar-refractivity contribution < 1.29 is 23.9 Å². The number of nitrogens with zero attached hydrogens (tertiary/aromatic N) is 1. The van der Waals surface area contributed by atoms with Gasteiger partial charge >= 0.3 is 0 Å². The lowest BCUT2D eigenvalue weighted by Crippen LogP contribution is -2.41. The Bertz CT molecular complexity index is 1740. The van der Waals surface area contributed by atoms with Gasteiger partial charge < -0.3 is 30.4 Å². The third-order valence-corrected chi connectivity index (χ3v) is 7.47. The smallest absolute Gasteiger partial charge is 0.256 e. The Morgan fingerprint density at radius 1 is 0.955 bits per heavy atom. The van der Waals surface area contributed by atoms with E-state index >= 15 is 0 Å². The van der Waals surface area contributed by atoms with Gasteiger partial charge in [-0.1, -0.05) is 23.8 Å². The van der Waals surface area contributed by atoms with E-state index in [0.717, 1.165) is 44.0 Å². The van der Waals surface area contributed by atoms with Crippen LogP contribution in [0.1, 0.15) is 37.5 Å². The highest BCUT2D eigenvalue weighted by molar-refractivity contribution is 6.35. The quantitative estimate of drug-likeness (QED) is 0.205. The summed E-state index contributed by atoms with van der Waals surface area (Å²) in [7, 11) is 0. The van der Waals surface area contributed by atoms with E-state index in [0.29, 0.717) is 51.8 Å². The number of anilines is 2. The molecule has 4 aromatic rings. The van der Waals surface area contributed by atoms with Crippen molar-refractivity contribution in [2.75, 3.05) is 50.0 Å². The molecule has 1 aromatic heterocycles. The number of carbonyl (C=O) groups is 3. The van der Waals surface area contributed by atoms with E-state index < -0.39 is 0 Å². The van der Waals surface area contributed by atoms with Crippen LogP contribution in [0.5, 0.6) is 11.5 Å². The molecule has 1 fully saturated rings.